The molecule has 2 nitrogen and oxygen atoms in total. The van der Waals surface area contributed by atoms with Crippen molar-refractivity contribution in [2.75, 3.05) is 0 Å². The molecule has 0 unspecified atom stereocenters. The van der Waals surface area contributed by atoms with E-state index in [9.17, 15) is 0 Å². The molecule has 5 heteroatoms. The Balaban J connectivity index is 0.000000203. The lowest BCUT2D eigenvalue weighted by Gasteiger charge is -2.21. The smallest absolute Gasteiger partial charge is 0.233 e. The minimum Gasteiger partial charge on any atom is -0.346 e. The van der Waals surface area contributed by atoms with E-state index in [0.29, 0.717) is 28.6 Å². The maximum atomic E-state index is 6.19. The van der Waals surface area contributed by atoms with Crippen molar-refractivity contribution < 1.29 is 0 Å². The molecule has 0 saturated heterocycles. The van der Waals surface area contributed by atoms with Gasteiger partial charge in [-0.05, 0) is 29.5 Å². The van der Waals surface area contributed by atoms with E-state index in [1.165, 1.54) is 16.6 Å². The molecule has 0 aliphatic rings. The second-order valence-corrected chi connectivity index (χ2v) is 10.3. The van der Waals surface area contributed by atoms with Gasteiger partial charge in [0.15, 0.2) is 0 Å². The monoisotopic (exact) mass is 502 g/mol. The maximum Gasteiger partial charge on any atom is 0.233 e. The van der Waals surface area contributed by atoms with Gasteiger partial charge in [-0.2, -0.15) is 0 Å². The fourth-order valence-electron chi connectivity index (χ4n) is 3.86. The predicted molar refractivity (Wildman–Crippen MR) is 154 cm³/mol. The molecule has 1 aromatic heterocycles. The lowest BCUT2D eigenvalue weighted by atomic mass is 9.41. The highest BCUT2D eigenvalue weighted by molar-refractivity contribution is 6.89. The number of imidazole rings is 1. The number of aromatic nitrogens is 2. The predicted octanol–water partition coefficient (Wildman–Crippen LogP) is 7.31. The van der Waals surface area contributed by atoms with Crippen LogP contribution in [0.25, 0.3) is 0 Å². The highest BCUT2D eigenvalue weighted by Crippen LogP contribution is 2.26. The molecule has 1 heterocycles. The second kappa shape index (κ2) is 12.8. The molecule has 0 fully saturated rings. The van der Waals surface area contributed by atoms with Gasteiger partial charge in [0, 0.05) is 28.4 Å². The average Bonchev–Trinajstić information content (AvgIpc) is 3.29. The fraction of sp³-hybridized carbons (Fsp3) is 0.233. The molecule has 35 heavy (non-hydrogen) atoms. The van der Waals surface area contributed by atoms with Gasteiger partial charge in [-0.25, -0.2) is 4.98 Å². The minimum absolute atomic E-state index is 0.293. The first kappa shape index (κ1) is 26.9. The first-order valence-electron chi connectivity index (χ1n) is 12.0. The molecule has 0 aliphatic heterocycles. The summed E-state index contributed by atoms with van der Waals surface area (Å²) in [5, 5.41) is 1.34. The summed E-state index contributed by atoms with van der Waals surface area (Å²) in [7, 11) is 0. The SMILES string of the molecule is C=CB(c1ccccc1)c1ccccc1.CCC(C)(C)Cc1cnc(Cc2ccc(Cl)cc2Cl)[nH]1. The molecule has 0 saturated carbocycles. The first-order chi connectivity index (χ1) is 16.8. The molecule has 0 radical (unpaired) electrons. The van der Waals surface area contributed by atoms with Crippen molar-refractivity contribution in [2.45, 2.75) is 40.0 Å². The number of nitrogens with one attached hydrogen (secondary N) is 1. The van der Waals surface area contributed by atoms with E-state index < -0.39 is 0 Å². The zero-order valence-electron chi connectivity index (χ0n) is 20.8. The van der Waals surface area contributed by atoms with Crippen LogP contribution in [0.5, 0.6) is 0 Å². The van der Waals surface area contributed by atoms with E-state index in [1.54, 1.807) is 6.07 Å². The van der Waals surface area contributed by atoms with E-state index in [0.717, 1.165) is 24.2 Å². The van der Waals surface area contributed by atoms with E-state index in [4.69, 9.17) is 23.2 Å². The minimum atomic E-state index is 0.293. The average molecular weight is 503 g/mol. The van der Waals surface area contributed by atoms with Crippen molar-refractivity contribution in [3.63, 3.8) is 0 Å². The zero-order valence-corrected chi connectivity index (χ0v) is 22.3. The Bertz CT molecular complexity index is 1160. The summed E-state index contributed by atoms with van der Waals surface area (Å²) in [5.74, 6) is 2.93. The van der Waals surface area contributed by atoms with Gasteiger partial charge < -0.3 is 4.98 Å². The van der Waals surface area contributed by atoms with Crippen LogP contribution >= 0.6 is 23.2 Å². The van der Waals surface area contributed by atoms with Crippen LogP contribution in [0.2, 0.25) is 10.0 Å². The number of aromatic amines is 1. The van der Waals surface area contributed by atoms with E-state index in [2.05, 4.69) is 85.8 Å². The van der Waals surface area contributed by atoms with Gasteiger partial charge in [0.1, 0.15) is 5.82 Å². The molecule has 0 bridgehead atoms. The van der Waals surface area contributed by atoms with Crippen LogP contribution in [0.4, 0.5) is 0 Å². The van der Waals surface area contributed by atoms with Crippen molar-refractivity contribution in [1.82, 2.24) is 9.97 Å². The Hall–Kier alpha value is -2.75. The summed E-state index contributed by atoms with van der Waals surface area (Å²) in [5.41, 5.74) is 5.09. The van der Waals surface area contributed by atoms with Gasteiger partial charge in [-0.1, -0.05) is 128 Å². The van der Waals surface area contributed by atoms with Gasteiger partial charge >= 0.3 is 0 Å². The Kier molecular flexibility index (Phi) is 9.83. The molecule has 4 aromatic rings. The molecular weight excluding hydrogens is 470 g/mol. The molecule has 0 atom stereocenters. The number of rotatable bonds is 8. The van der Waals surface area contributed by atoms with Gasteiger partial charge in [-0.15, -0.1) is 12.6 Å². The lowest BCUT2D eigenvalue weighted by Crippen LogP contribution is -2.40. The van der Waals surface area contributed by atoms with Crippen LogP contribution in [0.3, 0.4) is 0 Å². The summed E-state index contributed by atoms with van der Waals surface area (Å²) in [6.07, 6.45) is 4.77. The Morgan fingerprint density at radius 3 is 2.06 bits per heavy atom. The highest BCUT2D eigenvalue weighted by Gasteiger charge is 2.17. The van der Waals surface area contributed by atoms with Crippen molar-refractivity contribution in [2.24, 2.45) is 5.41 Å². The van der Waals surface area contributed by atoms with Crippen molar-refractivity contribution >= 4 is 40.8 Å². The normalized spacial score (nSPS) is 10.9. The molecule has 3 aromatic carbocycles. The fourth-order valence-corrected chi connectivity index (χ4v) is 4.33. The molecule has 0 amide bonds. The Labute approximate surface area is 220 Å². The third kappa shape index (κ3) is 8.16. The number of halogens is 2. The van der Waals surface area contributed by atoms with E-state index >= 15 is 0 Å². The van der Waals surface area contributed by atoms with Crippen LogP contribution in [0.15, 0.2) is 97.6 Å². The van der Waals surface area contributed by atoms with Crippen molar-refractivity contribution in [3.05, 3.63) is 125 Å². The molecular formula is C30H33BCl2N2. The summed E-state index contributed by atoms with van der Waals surface area (Å²) in [4.78, 5) is 7.84. The summed E-state index contributed by atoms with van der Waals surface area (Å²) in [6.45, 7) is 11.0. The molecule has 0 spiro atoms. The summed E-state index contributed by atoms with van der Waals surface area (Å²) < 4.78 is 0. The molecule has 4 rings (SSSR count). The van der Waals surface area contributed by atoms with Crippen LogP contribution < -0.4 is 10.9 Å². The zero-order chi connectivity index (χ0) is 25.3. The largest absolute Gasteiger partial charge is 0.346 e. The molecule has 0 aliphatic carbocycles. The number of hydrogen-bond acceptors (Lipinski definition) is 1. The van der Waals surface area contributed by atoms with Crippen molar-refractivity contribution in [1.29, 1.82) is 0 Å². The third-order valence-corrected chi connectivity index (χ3v) is 6.82. The first-order valence-corrected chi connectivity index (χ1v) is 12.8. The number of nitrogens with zero attached hydrogens (tertiary/aromatic N) is 1. The Morgan fingerprint density at radius 2 is 1.54 bits per heavy atom. The number of H-pyrrole nitrogens is 1. The topological polar surface area (TPSA) is 28.7 Å². The highest BCUT2D eigenvalue weighted by atomic mass is 35.5. The quantitative estimate of drug-likeness (QED) is 0.251. The van der Waals surface area contributed by atoms with Crippen molar-refractivity contribution in [3.8, 4) is 0 Å². The summed E-state index contributed by atoms with van der Waals surface area (Å²) in [6, 6.07) is 26.5. The van der Waals surface area contributed by atoms with Crippen LogP contribution in [0, 0.1) is 5.41 Å². The maximum absolute atomic E-state index is 6.19. The number of hydrogen-bond donors (Lipinski definition) is 1. The summed E-state index contributed by atoms with van der Waals surface area (Å²) >= 11 is 12.1. The molecule has 1 N–H and O–H groups in total. The van der Waals surface area contributed by atoms with Crippen LogP contribution in [-0.2, 0) is 12.8 Å². The van der Waals surface area contributed by atoms with Gasteiger partial charge in [0.25, 0.3) is 0 Å². The van der Waals surface area contributed by atoms with E-state index in [1.807, 2.05) is 36.4 Å². The van der Waals surface area contributed by atoms with Crippen LogP contribution in [0.1, 0.15) is 44.3 Å². The van der Waals surface area contributed by atoms with Gasteiger partial charge in [0.2, 0.25) is 6.71 Å². The standard InChI is InChI=1S/C16H20Cl2N2.C14H13B/c1-4-16(2,3)9-13-10-19-15(20-13)7-11-5-6-12(17)8-14(11)18;1-2-15(13-9-5-3-6-10-13)14-11-7-4-8-12-14/h5-6,8,10H,4,7,9H2,1-3H3,(H,19,20);2-12H,1H2. The van der Waals surface area contributed by atoms with Gasteiger partial charge in [0.05, 0.1) is 0 Å². The van der Waals surface area contributed by atoms with Gasteiger partial charge in [-0.3, -0.25) is 0 Å². The van der Waals surface area contributed by atoms with E-state index in [-0.39, 0.29) is 0 Å². The molecule has 180 valence electrons. The second-order valence-electron chi connectivity index (χ2n) is 9.50. The number of benzene rings is 3. The third-order valence-electron chi connectivity index (χ3n) is 6.23. The Morgan fingerprint density at radius 1 is 0.943 bits per heavy atom. The van der Waals surface area contributed by atoms with Crippen LogP contribution in [-0.4, -0.2) is 16.7 Å². The lowest BCUT2D eigenvalue weighted by molar-refractivity contribution is 0.346.